The lowest BCUT2D eigenvalue weighted by Crippen LogP contribution is -2.09. The number of ether oxygens (including phenoxy) is 1. The quantitative estimate of drug-likeness (QED) is 0.418. The number of rotatable bonds is 1. The van der Waals surface area contributed by atoms with Gasteiger partial charge >= 0.3 is 0 Å². The van der Waals surface area contributed by atoms with Crippen molar-refractivity contribution in [3.8, 4) is 28.3 Å². The largest absolute Gasteiger partial charge is 0.482 e. The molecule has 9 heteroatoms. The lowest BCUT2D eigenvalue weighted by Gasteiger charge is -2.20. The van der Waals surface area contributed by atoms with Gasteiger partial charge in [0.25, 0.3) is 0 Å². The molecule has 32 heavy (non-hydrogen) atoms. The van der Waals surface area contributed by atoms with Crippen molar-refractivity contribution in [2.75, 3.05) is 5.73 Å². The predicted molar refractivity (Wildman–Crippen MR) is 119 cm³/mol. The number of hydrogen-bond donors (Lipinski definition) is 1. The number of fused-ring (bicyclic) bond motifs is 7. The van der Waals surface area contributed by atoms with Gasteiger partial charge in [0.1, 0.15) is 11.9 Å². The van der Waals surface area contributed by atoms with Gasteiger partial charge in [0.05, 0.1) is 11.4 Å². The van der Waals surface area contributed by atoms with E-state index in [4.69, 9.17) is 26.5 Å². The molecule has 4 aromatic rings. The number of nitrogens with zero attached hydrogens (tertiary/aromatic N) is 4. The van der Waals surface area contributed by atoms with Crippen LogP contribution in [-0.2, 0) is 13.0 Å². The predicted octanol–water partition coefficient (Wildman–Crippen LogP) is 5.35. The fraction of sp³-hybridized carbons (Fsp3) is 0.261. The van der Waals surface area contributed by atoms with Crippen molar-refractivity contribution in [3.63, 3.8) is 0 Å². The molecule has 2 bridgehead atoms. The minimum Gasteiger partial charge on any atom is -0.482 e. The first-order valence-electron chi connectivity index (χ1n) is 10.3. The topological polar surface area (TPSA) is 92.0 Å². The number of pyridine rings is 1. The smallest absolute Gasteiger partial charge is 0.192 e. The number of nitrogens with two attached hydrogens (primary N) is 1. The Morgan fingerprint density at radius 3 is 2.91 bits per heavy atom. The van der Waals surface area contributed by atoms with Gasteiger partial charge in [-0.1, -0.05) is 11.6 Å². The van der Waals surface area contributed by atoms with Crippen LogP contribution in [0.25, 0.3) is 22.6 Å². The van der Waals surface area contributed by atoms with E-state index in [1.165, 1.54) is 12.1 Å². The second kappa shape index (κ2) is 7.63. The fourth-order valence-corrected chi connectivity index (χ4v) is 4.40. The van der Waals surface area contributed by atoms with Crippen LogP contribution in [0, 0.1) is 12.7 Å². The molecular weight excluding hydrogens is 433 g/mol. The molecule has 0 spiro atoms. The Labute approximate surface area is 189 Å². The Kier molecular flexibility index (Phi) is 4.89. The average Bonchev–Trinajstić information content (AvgIpc) is 3.28. The highest BCUT2D eigenvalue weighted by Gasteiger charge is 2.27. The zero-order valence-corrected chi connectivity index (χ0v) is 18.6. The van der Waals surface area contributed by atoms with Crippen molar-refractivity contribution in [1.29, 1.82) is 0 Å². The number of hydrogen-bond acceptors (Lipinski definition) is 6. The number of oxazole rings is 1. The summed E-state index contributed by atoms with van der Waals surface area (Å²) in [6.45, 7) is 6.21. The summed E-state index contributed by atoms with van der Waals surface area (Å²) >= 11 is 6.58. The van der Waals surface area contributed by atoms with E-state index in [0.29, 0.717) is 52.3 Å². The van der Waals surface area contributed by atoms with Gasteiger partial charge < -0.3 is 14.9 Å². The maximum Gasteiger partial charge on any atom is 0.192 e. The lowest BCUT2D eigenvalue weighted by atomic mass is 9.97. The van der Waals surface area contributed by atoms with Gasteiger partial charge in [0.15, 0.2) is 28.4 Å². The maximum atomic E-state index is 14.2. The first-order valence-corrected chi connectivity index (χ1v) is 10.7. The van der Waals surface area contributed by atoms with E-state index >= 15 is 0 Å². The fourth-order valence-electron chi connectivity index (χ4n) is 4.16. The van der Waals surface area contributed by atoms with Gasteiger partial charge in [-0.3, -0.25) is 4.68 Å². The summed E-state index contributed by atoms with van der Waals surface area (Å²) in [5, 5.41) is 4.88. The molecule has 1 unspecified atom stereocenters. The number of aryl methyl sites for hydroxylation is 2. The highest BCUT2D eigenvalue weighted by Crippen LogP contribution is 2.40. The molecule has 164 valence electrons. The Balaban J connectivity index is 1.84. The molecule has 0 radical (unpaired) electrons. The molecule has 1 aliphatic heterocycles. The summed E-state index contributed by atoms with van der Waals surface area (Å²) in [6, 6.07) is 6.32. The number of benzene rings is 1. The van der Waals surface area contributed by atoms with E-state index < -0.39 is 6.10 Å². The average molecular weight is 454 g/mol. The molecule has 5 rings (SSSR count). The Morgan fingerprint density at radius 2 is 2.12 bits per heavy atom. The monoisotopic (exact) mass is 453 g/mol. The highest BCUT2D eigenvalue weighted by atomic mass is 35.5. The standard InChI is InChI=1S/C23H21ClFN5O2/c1-4-30-20-13-7-19(23(26)27-10-13)31-11(2)16-8-14(25)5-6-15(16)21-18(28-12(3)32-21)9-17(20)22(24)29-30/h5-8,10-11H,4,9H2,1-3H3,(H2,26,27). The summed E-state index contributed by atoms with van der Waals surface area (Å²) in [4.78, 5) is 8.94. The van der Waals surface area contributed by atoms with E-state index in [-0.39, 0.29) is 11.6 Å². The molecule has 4 heterocycles. The van der Waals surface area contributed by atoms with Crippen LogP contribution in [-0.4, -0.2) is 19.7 Å². The van der Waals surface area contributed by atoms with Crippen molar-refractivity contribution < 1.29 is 13.5 Å². The third-order valence-corrected chi connectivity index (χ3v) is 5.91. The molecule has 1 aromatic carbocycles. The molecular formula is C23H21ClFN5O2. The second-order valence-electron chi connectivity index (χ2n) is 7.72. The Morgan fingerprint density at radius 1 is 1.31 bits per heavy atom. The zero-order chi connectivity index (χ0) is 22.6. The number of nitrogen functional groups attached to an aromatic ring is 1. The minimum absolute atomic E-state index is 0.238. The van der Waals surface area contributed by atoms with Crippen molar-refractivity contribution in [3.05, 3.63) is 64.1 Å². The van der Waals surface area contributed by atoms with Gasteiger partial charge in [0, 0.05) is 48.3 Å². The molecule has 3 aromatic heterocycles. The van der Waals surface area contributed by atoms with Gasteiger partial charge in [-0.25, -0.2) is 14.4 Å². The van der Waals surface area contributed by atoms with Crippen molar-refractivity contribution >= 4 is 17.4 Å². The van der Waals surface area contributed by atoms with Crippen LogP contribution in [0.4, 0.5) is 10.2 Å². The third-order valence-electron chi connectivity index (χ3n) is 5.60. The van der Waals surface area contributed by atoms with E-state index in [2.05, 4.69) is 15.1 Å². The summed E-state index contributed by atoms with van der Waals surface area (Å²) in [7, 11) is 0. The van der Waals surface area contributed by atoms with Gasteiger partial charge in [-0.2, -0.15) is 5.10 Å². The first kappa shape index (κ1) is 20.5. The van der Waals surface area contributed by atoms with E-state index in [1.807, 2.05) is 24.6 Å². The molecule has 2 N–H and O–H groups in total. The molecule has 1 aliphatic rings. The number of halogens is 2. The molecule has 1 atom stereocenters. The SMILES string of the molecule is CCn1nc(Cl)c2c1-c1cnc(N)c(c1)OC(C)c1cc(F)ccc1-c1oc(C)nc1C2. The molecule has 0 amide bonds. The molecule has 0 aliphatic carbocycles. The highest BCUT2D eigenvalue weighted by molar-refractivity contribution is 6.30. The van der Waals surface area contributed by atoms with Gasteiger partial charge in [-0.05, 0) is 38.1 Å². The van der Waals surface area contributed by atoms with E-state index in [0.717, 1.165) is 16.8 Å². The van der Waals surface area contributed by atoms with E-state index in [1.54, 1.807) is 19.2 Å². The van der Waals surface area contributed by atoms with Crippen molar-refractivity contribution in [2.24, 2.45) is 0 Å². The summed E-state index contributed by atoms with van der Waals surface area (Å²) < 4.78 is 28.2. The van der Waals surface area contributed by atoms with Crippen molar-refractivity contribution in [2.45, 2.75) is 39.8 Å². The van der Waals surface area contributed by atoms with E-state index in [9.17, 15) is 4.39 Å². The third kappa shape index (κ3) is 3.31. The molecule has 0 fully saturated rings. The normalized spacial score (nSPS) is 15.1. The Bertz CT molecular complexity index is 1350. The van der Waals surface area contributed by atoms with Crippen LogP contribution in [0.15, 0.2) is 34.9 Å². The van der Waals surface area contributed by atoms with Crippen LogP contribution in [0.2, 0.25) is 5.15 Å². The summed E-state index contributed by atoms with van der Waals surface area (Å²) in [6.07, 6.45) is 1.52. The lowest BCUT2D eigenvalue weighted by molar-refractivity contribution is 0.227. The number of anilines is 1. The molecule has 0 saturated heterocycles. The zero-order valence-electron chi connectivity index (χ0n) is 17.8. The maximum absolute atomic E-state index is 14.2. The van der Waals surface area contributed by atoms with Crippen molar-refractivity contribution in [1.82, 2.24) is 19.7 Å². The van der Waals surface area contributed by atoms with Crippen LogP contribution in [0.3, 0.4) is 0 Å². The molecule has 7 nitrogen and oxygen atoms in total. The first-order chi connectivity index (χ1) is 15.4. The van der Waals surface area contributed by atoms with Crippen LogP contribution < -0.4 is 10.5 Å². The van der Waals surface area contributed by atoms with Gasteiger partial charge in [0.2, 0.25) is 0 Å². The summed E-state index contributed by atoms with van der Waals surface area (Å²) in [5.74, 6) is 1.31. The molecule has 0 saturated carbocycles. The Hall–Kier alpha value is -3.39. The van der Waals surface area contributed by atoms with Crippen LogP contribution >= 0.6 is 11.6 Å². The number of aromatic nitrogens is 4. The summed E-state index contributed by atoms with van der Waals surface area (Å²) in [5.41, 5.74) is 10.5. The van der Waals surface area contributed by atoms with Crippen LogP contribution in [0.5, 0.6) is 5.75 Å². The minimum atomic E-state index is -0.531. The second-order valence-corrected chi connectivity index (χ2v) is 8.08. The van der Waals surface area contributed by atoms with Gasteiger partial charge in [-0.15, -0.1) is 0 Å². The van der Waals surface area contributed by atoms with Crippen LogP contribution in [0.1, 0.15) is 42.7 Å².